The summed E-state index contributed by atoms with van der Waals surface area (Å²) in [5.74, 6) is -0.433. The van der Waals surface area contributed by atoms with Gasteiger partial charge in [-0.05, 0) is 30.9 Å². The molecule has 0 fully saturated rings. The lowest BCUT2D eigenvalue weighted by Gasteiger charge is -2.11. The molecule has 1 atom stereocenters. The monoisotopic (exact) mass is 266 g/mol. The van der Waals surface area contributed by atoms with Gasteiger partial charge in [0.1, 0.15) is 0 Å². The van der Waals surface area contributed by atoms with Crippen LogP contribution in [0.2, 0.25) is 0 Å². The first-order valence-electron chi connectivity index (χ1n) is 6.19. The Labute approximate surface area is 111 Å². The van der Waals surface area contributed by atoms with Crippen molar-refractivity contribution >= 4 is 17.3 Å². The van der Waals surface area contributed by atoms with Gasteiger partial charge in [0, 0.05) is 30.8 Å². The van der Waals surface area contributed by atoms with Gasteiger partial charge in [-0.3, -0.25) is 14.9 Å². The van der Waals surface area contributed by atoms with Gasteiger partial charge >= 0.3 is 5.97 Å². The van der Waals surface area contributed by atoms with Crippen LogP contribution in [-0.4, -0.2) is 22.5 Å². The van der Waals surface area contributed by atoms with Crippen molar-refractivity contribution in [2.75, 3.05) is 11.9 Å². The molecule has 1 aromatic carbocycles. The quantitative estimate of drug-likeness (QED) is 0.557. The normalized spacial score (nSPS) is 11.8. The summed E-state index contributed by atoms with van der Waals surface area (Å²) in [5.41, 5.74) is 0.899. The van der Waals surface area contributed by atoms with Crippen LogP contribution in [0.25, 0.3) is 0 Å². The Morgan fingerprint density at radius 2 is 2.00 bits per heavy atom. The first-order chi connectivity index (χ1) is 8.99. The molecule has 1 rings (SSSR count). The molecular weight excluding hydrogens is 248 g/mol. The number of rotatable bonds is 8. The largest absolute Gasteiger partial charge is 0.481 e. The van der Waals surface area contributed by atoms with Gasteiger partial charge in [-0.15, -0.1) is 0 Å². The van der Waals surface area contributed by atoms with E-state index < -0.39 is 10.9 Å². The summed E-state index contributed by atoms with van der Waals surface area (Å²) in [7, 11) is 0. The Kier molecular flexibility index (Phi) is 5.78. The number of non-ortho nitro benzene ring substituents is 1. The third kappa shape index (κ3) is 5.85. The molecule has 1 unspecified atom stereocenters. The number of nitro groups is 1. The van der Waals surface area contributed by atoms with Crippen molar-refractivity contribution in [1.29, 1.82) is 0 Å². The highest BCUT2D eigenvalue weighted by Crippen LogP contribution is 2.16. The standard InChI is InChI=1S/C13H18N2O4/c1-10(2-7-13(16)17)8-9-14-11-3-5-12(6-4-11)15(18)19/h3-6,10,14H,2,7-9H2,1H3,(H,16,17). The summed E-state index contributed by atoms with van der Waals surface area (Å²) in [4.78, 5) is 20.5. The second kappa shape index (κ2) is 7.35. The minimum Gasteiger partial charge on any atom is -0.481 e. The number of hydrogen-bond acceptors (Lipinski definition) is 4. The number of carboxylic acids is 1. The lowest BCUT2D eigenvalue weighted by molar-refractivity contribution is -0.384. The van der Waals surface area contributed by atoms with Gasteiger partial charge in [0.05, 0.1) is 4.92 Å². The van der Waals surface area contributed by atoms with Crippen molar-refractivity contribution < 1.29 is 14.8 Å². The summed E-state index contributed by atoms with van der Waals surface area (Å²) in [6.07, 6.45) is 1.72. The maximum absolute atomic E-state index is 10.5. The van der Waals surface area contributed by atoms with Crippen LogP contribution in [-0.2, 0) is 4.79 Å². The predicted molar refractivity (Wildman–Crippen MR) is 72.2 cm³/mol. The Morgan fingerprint density at radius 3 is 2.53 bits per heavy atom. The van der Waals surface area contributed by atoms with E-state index in [4.69, 9.17) is 5.11 Å². The van der Waals surface area contributed by atoms with Gasteiger partial charge in [-0.2, -0.15) is 0 Å². The van der Waals surface area contributed by atoms with E-state index in [0.29, 0.717) is 12.3 Å². The Morgan fingerprint density at radius 1 is 1.37 bits per heavy atom. The molecule has 0 heterocycles. The zero-order valence-corrected chi connectivity index (χ0v) is 10.8. The fraction of sp³-hybridized carbons (Fsp3) is 0.462. The second-order valence-corrected chi connectivity index (χ2v) is 4.56. The molecule has 0 radical (unpaired) electrons. The topological polar surface area (TPSA) is 92.5 Å². The van der Waals surface area contributed by atoms with E-state index in [-0.39, 0.29) is 12.1 Å². The summed E-state index contributed by atoms with van der Waals surface area (Å²) in [5, 5.41) is 22.2. The van der Waals surface area contributed by atoms with Crippen molar-refractivity contribution in [1.82, 2.24) is 0 Å². The Bertz CT molecular complexity index is 431. The molecule has 0 amide bonds. The molecule has 0 saturated carbocycles. The van der Waals surface area contributed by atoms with E-state index in [2.05, 4.69) is 5.32 Å². The molecule has 19 heavy (non-hydrogen) atoms. The van der Waals surface area contributed by atoms with E-state index in [1.807, 2.05) is 6.92 Å². The first kappa shape index (κ1) is 14.9. The second-order valence-electron chi connectivity index (χ2n) is 4.56. The molecule has 0 saturated heterocycles. The molecular formula is C13H18N2O4. The van der Waals surface area contributed by atoms with Crippen molar-refractivity contribution in [2.24, 2.45) is 5.92 Å². The third-order valence-corrected chi connectivity index (χ3v) is 2.90. The molecule has 2 N–H and O–H groups in total. The van der Waals surface area contributed by atoms with Gasteiger partial charge in [-0.25, -0.2) is 0 Å². The minimum atomic E-state index is -0.768. The number of benzene rings is 1. The molecule has 0 aliphatic carbocycles. The van der Waals surface area contributed by atoms with Crippen molar-refractivity contribution in [3.05, 3.63) is 34.4 Å². The lowest BCUT2D eigenvalue weighted by atomic mass is 10.0. The summed E-state index contributed by atoms with van der Waals surface area (Å²) in [6.45, 7) is 2.74. The zero-order chi connectivity index (χ0) is 14.3. The van der Waals surface area contributed by atoms with Crippen LogP contribution >= 0.6 is 0 Å². The molecule has 0 aromatic heterocycles. The number of nitrogens with zero attached hydrogens (tertiary/aromatic N) is 1. The number of carboxylic acid groups (broad SMARTS) is 1. The SMILES string of the molecule is CC(CCNc1ccc([N+](=O)[O-])cc1)CCC(=O)O. The number of aliphatic carboxylic acids is 1. The minimum absolute atomic E-state index is 0.0698. The number of nitrogens with one attached hydrogen (secondary N) is 1. The smallest absolute Gasteiger partial charge is 0.303 e. The lowest BCUT2D eigenvalue weighted by Crippen LogP contribution is -2.08. The number of anilines is 1. The van der Waals surface area contributed by atoms with Crippen LogP contribution in [0.4, 0.5) is 11.4 Å². The maximum atomic E-state index is 10.5. The fourth-order valence-electron chi connectivity index (χ4n) is 1.68. The molecule has 0 aliphatic heterocycles. The van der Waals surface area contributed by atoms with Gasteiger partial charge in [-0.1, -0.05) is 6.92 Å². The molecule has 6 nitrogen and oxygen atoms in total. The number of hydrogen-bond donors (Lipinski definition) is 2. The number of carbonyl (C=O) groups is 1. The Hall–Kier alpha value is -2.11. The van der Waals surface area contributed by atoms with Crippen LogP contribution in [0.1, 0.15) is 26.2 Å². The summed E-state index contributed by atoms with van der Waals surface area (Å²) in [6, 6.07) is 6.24. The Balaban J connectivity index is 2.29. The molecule has 0 bridgehead atoms. The van der Waals surface area contributed by atoms with Crippen molar-refractivity contribution in [3.63, 3.8) is 0 Å². The van der Waals surface area contributed by atoms with E-state index in [1.54, 1.807) is 12.1 Å². The predicted octanol–water partition coefficient (Wildman–Crippen LogP) is 2.90. The van der Waals surface area contributed by atoms with Crippen molar-refractivity contribution in [2.45, 2.75) is 26.2 Å². The van der Waals surface area contributed by atoms with E-state index in [1.165, 1.54) is 12.1 Å². The van der Waals surface area contributed by atoms with E-state index in [0.717, 1.165) is 18.7 Å². The van der Waals surface area contributed by atoms with E-state index in [9.17, 15) is 14.9 Å². The van der Waals surface area contributed by atoms with Crippen LogP contribution in [0.15, 0.2) is 24.3 Å². The number of nitro benzene ring substituents is 1. The average molecular weight is 266 g/mol. The maximum Gasteiger partial charge on any atom is 0.303 e. The van der Waals surface area contributed by atoms with Gasteiger partial charge in [0.25, 0.3) is 5.69 Å². The molecule has 0 aliphatic rings. The average Bonchev–Trinajstić information content (AvgIpc) is 2.37. The first-order valence-corrected chi connectivity index (χ1v) is 6.19. The molecule has 1 aromatic rings. The van der Waals surface area contributed by atoms with Gasteiger partial charge < -0.3 is 10.4 Å². The van der Waals surface area contributed by atoms with Crippen LogP contribution in [0, 0.1) is 16.0 Å². The highest BCUT2D eigenvalue weighted by Gasteiger charge is 2.06. The summed E-state index contributed by atoms with van der Waals surface area (Å²) >= 11 is 0. The molecule has 104 valence electrons. The summed E-state index contributed by atoms with van der Waals surface area (Å²) < 4.78 is 0. The third-order valence-electron chi connectivity index (χ3n) is 2.90. The highest BCUT2D eigenvalue weighted by atomic mass is 16.6. The van der Waals surface area contributed by atoms with Crippen LogP contribution < -0.4 is 5.32 Å². The molecule has 0 spiro atoms. The van der Waals surface area contributed by atoms with Gasteiger partial charge in [0.15, 0.2) is 0 Å². The van der Waals surface area contributed by atoms with Crippen molar-refractivity contribution in [3.8, 4) is 0 Å². The fourth-order valence-corrected chi connectivity index (χ4v) is 1.68. The van der Waals surface area contributed by atoms with Gasteiger partial charge in [0.2, 0.25) is 0 Å². The van der Waals surface area contributed by atoms with E-state index >= 15 is 0 Å². The highest BCUT2D eigenvalue weighted by molar-refractivity contribution is 5.66. The van der Waals surface area contributed by atoms with Crippen LogP contribution in [0.3, 0.4) is 0 Å². The zero-order valence-electron chi connectivity index (χ0n) is 10.8. The van der Waals surface area contributed by atoms with Crippen LogP contribution in [0.5, 0.6) is 0 Å². The molecule has 6 heteroatoms.